The van der Waals surface area contributed by atoms with Gasteiger partial charge in [0.1, 0.15) is 5.82 Å². The molecule has 3 nitrogen and oxygen atoms in total. The third-order valence-electron chi connectivity index (χ3n) is 3.41. The quantitative estimate of drug-likeness (QED) is 0.816. The van der Waals surface area contributed by atoms with Crippen LogP contribution in [0.15, 0.2) is 36.7 Å². The minimum atomic E-state index is -0.913. The van der Waals surface area contributed by atoms with E-state index in [4.69, 9.17) is 0 Å². The number of benzene rings is 1. The molecule has 0 bridgehead atoms. The number of rotatable bonds is 6. The summed E-state index contributed by atoms with van der Waals surface area (Å²) in [4.78, 5) is 4.28. The number of imidazole rings is 1. The Hall–Kier alpha value is -1.42. The van der Waals surface area contributed by atoms with Crippen LogP contribution < -0.4 is 0 Å². The molecule has 108 valence electrons. The van der Waals surface area contributed by atoms with E-state index in [1.165, 1.54) is 5.56 Å². The zero-order valence-corrected chi connectivity index (χ0v) is 13.2. The molecule has 0 unspecified atom stereocenters. The Morgan fingerprint density at radius 1 is 1.20 bits per heavy atom. The summed E-state index contributed by atoms with van der Waals surface area (Å²) < 4.78 is 14.3. The second kappa shape index (κ2) is 6.84. The van der Waals surface area contributed by atoms with Crippen LogP contribution in [0.4, 0.5) is 0 Å². The summed E-state index contributed by atoms with van der Waals surface area (Å²) in [5.74, 6) is 2.55. The lowest BCUT2D eigenvalue weighted by Gasteiger charge is -2.08. The summed E-state index contributed by atoms with van der Waals surface area (Å²) in [7, 11) is -0.913. The molecule has 0 saturated carbocycles. The molecular formula is C16H22N2OS. The largest absolute Gasteiger partial charge is 0.334 e. The predicted octanol–water partition coefficient (Wildman–Crippen LogP) is 3.48. The molecule has 2 rings (SSSR count). The van der Waals surface area contributed by atoms with Gasteiger partial charge in [0.25, 0.3) is 0 Å². The maximum Gasteiger partial charge on any atom is 0.121 e. The van der Waals surface area contributed by atoms with Gasteiger partial charge in [-0.1, -0.05) is 38.1 Å². The van der Waals surface area contributed by atoms with E-state index >= 15 is 0 Å². The summed E-state index contributed by atoms with van der Waals surface area (Å²) in [6.45, 7) is 7.30. The Labute approximate surface area is 123 Å². The van der Waals surface area contributed by atoms with Crippen LogP contribution in [0.2, 0.25) is 0 Å². The van der Waals surface area contributed by atoms with Gasteiger partial charge < -0.3 is 4.57 Å². The lowest BCUT2D eigenvalue weighted by molar-refractivity contribution is 0.674. The first-order valence-corrected chi connectivity index (χ1v) is 8.52. The van der Waals surface area contributed by atoms with Crippen LogP contribution in [0.3, 0.4) is 0 Å². The molecule has 4 heteroatoms. The molecule has 0 radical (unpaired) electrons. The second-order valence-corrected chi connectivity index (χ2v) is 6.71. The normalized spacial score (nSPS) is 12.8. The van der Waals surface area contributed by atoms with Crippen LogP contribution in [0.25, 0.3) is 0 Å². The number of aromatic nitrogens is 2. The topological polar surface area (TPSA) is 34.9 Å². The molecule has 0 amide bonds. The average Bonchev–Trinajstić information content (AvgIpc) is 2.86. The highest BCUT2D eigenvalue weighted by molar-refractivity contribution is 7.83. The molecule has 1 aromatic carbocycles. The van der Waals surface area contributed by atoms with Gasteiger partial charge in [-0.15, -0.1) is 0 Å². The molecule has 0 aliphatic rings. The van der Waals surface area contributed by atoms with E-state index in [1.807, 2.05) is 10.8 Å². The van der Waals surface area contributed by atoms with E-state index in [-0.39, 0.29) is 0 Å². The summed E-state index contributed by atoms with van der Waals surface area (Å²) in [5, 5.41) is 0. The first kappa shape index (κ1) is 15.0. The van der Waals surface area contributed by atoms with Crippen molar-refractivity contribution >= 4 is 10.8 Å². The predicted molar refractivity (Wildman–Crippen MR) is 84.0 cm³/mol. The van der Waals surface area contributed by atoms with Crippen molar-refractivity contribution in [2.75, 3.05) is 0 Å². The van der Waals surface area contributed by atoms with Crippen LogP contribution in [0, 0.1) is 0 Å². The molecule has 0 fully saturated rings. The summed E-state index contributed by atoms with van der Waals surface area (Å²) in [5.41, 5.74) is 2.45. The van der Waals surface area contributed by atoms with Crippen molar-refractivity contribution in [2.45, 2.75) is 44.7 Å². The van der Waals surface area contributed by atoms with Crippen molar-refractivity contribution in [3.63, 3.8) is 0 Å². The van der Waals surface area contributed by atoms with Gasteiger partial charge in [-0.05, 0) is 24.0 Å². The lowest BCUT2D eigenvalue weighted by atomic mass is 10.0. The van der Waals surface area contributed by atoms with Crippen LogP contribution >= 0.6 is 0 Å². The maximum atomic E-state index is 12.2. The van der Waals surface area contributed by atoms with Crippen molar-refractivity contribution in [3.05, 3.63) is 53.6 Å². The van der Waals surface area contributed by atoms with E-state index in [1.54, 1.807) is 6.20 Å². The highest BCUT2D eigenvalue weighted by Gasteiger charge is 2.08. The summed E-state index contributed by atoms with van der Waals surface area (Å²) >= 11 is 0. The monoisotopic (exact) mass is 290 g/mol. The molecule has 20 heavy (non-hydrogen) atoms. The van der Waals surface area contributed by atoms with Crippen LogP contribution in [-0.4, -0.2) is 13.8 Å². The molecule has 0 N–H and O–H groups in total. The Morgan fingerprint density at radius 3 is 2.50 bits per heavy atom. The Kier molecular flexibility index (Phi) is 5.12. The maximum absolute atomic E-state index is 12.2. The molecule has 2 aromatic rings. The fourth-order valence-corrected chi connectivity index (χ4v) is 3.34. The van der Waals surface area contributed by atoms with Crippen molar-refractivity contribution in [2.24, 2.45) is 0 Å². The zero-order valence-electron chi connectivity index (χ0n) is 12.4. The van der Waals surface area contributed by atoms with Crippen LogP contribution in [0.1, 0.15) is 43.6 Å². The van der Waals surface area contributed by atoms with Crippen molar-refractivity contribution in [1.82, 2.24) is 9.55 Å². The molecular weight excluding hydrogens is 268 g/mol. The molecule has 0 aliphatic carbocycles. The van der Waals surface area contributed by atoms with Crippen LogP contribution in [0.5, 0.6) is 0 Å². The van der Waals surface area contributed by atoms with Crippen LogP contribution in [-0.2, 0) is 28.9 Å². The van der Waals surface area contributed by atoms with E-state index in [0.717, 1.165) is 17.9 Å². The molecule has 0 spiro atoms. The minimum Gasteiger partial charge on any atom is -0.334 e. The van der Waals surface area contributed by atoms with Crippen molar-refractivity contribution < 1.29 is 4.21 Å². The average molecular weight is 290 g/mol. The smallest absolute Gasteiger partial charge is 0.121 e. The first-order chi connectivity index (χ1) is 9.60. The van der Waals surface area contributed by atoms with Gasteiger partial charge in [0.2, 0.25) is 0 Å². The number of aryl methyl sites for hydroxylation is 1. The van der Waals surface area contributed by atoms with Gasteiger partial charge in [0, 0.05) is 35.5 Å². The lowest BCUT2D eigenvalue weighted by Crippen LogP contribution is -2.06. The Bertz CT molecular complexity index is 572. The third kappa shape index (κ3) is 3.79. The van der Waals surface area contributed by atoms with Crippen molar-refractivity contribution in [1.29, 1.82) is 0 Å². The number of nitrogens with zero attached hydrogens (tertiary/aromatic N) is 2. The summed E-state index contributed by atoms with van der Waals surface area (Å²) in [6.07, 6.45) is 3.71. The zero-order chi connectivity index (χ0) is 14.5. The standard InChI is InChI=1S/C16H22N2OS/c1-4-18-10-9-17-16(18)12-20(19)11-14-5-7-15(8-6-14)13(2)3/h5-10,13H,4,11-12H2,1-3H3/t20-/m1/s1. The Morgan fingerprint density at radius 2 is 1.90 bits per heavy atom. The fraction of sp³-hybridized carbons (Fsp3) is 0.438. The van der Waals surface area contributed by atoms with Gasteiger partial charge >= 0.3 is 0 Å². The van der Waals surface area contributed by atoms with Gasteiger partial charge in [-0.3, -0.25) is 4.21 Å². The van der Waals surface area contributed by atoms with Gasteiger partial charge in [-0.25, -0.2) is 4.98 Å². The fourth-order valence-electron chi connectivity index (χ4n) is 2.15. The van der Waals surface area contributed by atoms with E-state index in [9.17, 15) is 4.21 Å². The number of hydrogen-bond donors (Lipinski definition) is 0. The molecule has 0 saturated heterocycles. The minimum absolute atomic E-state index is 0.521. The van der Waals surface area contributed by atoms with Crippen molar-refractivity contribution in [3.8, 4) is 0 Å². The Balaban J connectivity index is 1.97. The summed E-state index contributed by atoms with van der Waals surface area (Å²) in [6, 6.07) is 8.42. The third-order valence-corrected chi connectivity index (χ3v) is 4.64. The SMILES string of the molecule is CCn1ccnc1C[S@](=O)Cc1ccc(C(C)C)cc1. The second-order valence-electron chi connectivity index (χ2n) is 5.25. The van der Waals surface area contributed by atoms with Gasteiger partial charge in [0.05, 0.1) is 5.75 Å². The number of hydrogen-bond acceptors (Lipinski definition) is 2. The van der Waals surface area contributed by atoms with E-state index in [2.05, 4.69) is 50.0 Å². The van der Waals surface area contributed by atoms with Gasteiger partial charge in [0.15, 0.2) is 0 Å². The first-order valence-electron chi connectivity index (χ1n) is 7.04. The van der Waals surface area contributed by atoms with E-state index < -0.39 is 10.8 Å². The molecule has 1 heterocycles. The molecule has 0 aliphatic heterocycles. The highest BCUT2D eigenvalue weighted by Crippen LogP contribution is 2.16. The molecule has 1 aromatic heterocycles. The van der Waals surface area contributed by atoms with Gasteiger partial charge in [-0.2, -0.15) is 0 Å². The molecule has 1 atom stereocenters. The highest BCUT2D eigenvalue weighted by atomic mass is 32.2. The van der Waals surface area contributed by atoms with E-state index in [0.29, 0.717) is 17.4 Å².